The van der Waals surface area contributed by atoms with Gasteiger partial charge in [-0.3, -0.25) is 4.79 Å². The molecule has 1 unspecified atom stereocenters. The van der Waals surface area contributed by atoms with E-state index in [1.54, 1.807) is 24.3 Å². The van der Waals surface area contributed by atoms with Gasteiger partial charge in [0.1, 0.15) is 0 Å². The molecular formula is C15H22N2O2. The van der Waals surface area contributed by atoms with Crippen molar-refractivity contribution in [2.45, 2.75) is 40.2 Å². The first-order chi connectivity index (χ1) is 8.93. The average Bonchev–Trinajstić information content (AvgIpc) is 2.35. The third-order valence-corrected chi connectivity index (χ3v) is 3.09. The van der Waals surface area contributed by atoms with Gasteiger partial charge in [-0.25, -0.2) is 4.79 Å². The summed E-state index contributed by atoms with van der Waals surface area (Å²) in [6, 6.07) is 6.85. The third kappa shape index (κ3) is 4.73. The molecule has 0 saturated carbocycles. The van der Waals surface area contributed by atoms with Crippen molar-refractivity contribution >= 4 is 17.5 Å². The largest absolute Gasteiger partial charge is 0.335 e. The van der Waals surface area contributed by atoms with Crippen molar-refractivity contribution in [1.82, 2.24) is 5.32 Å². The second-order valence-electron chi connectivity index (χ2n) is 4.99. The maximum Gasteiger partial charge on any atom is 0.319 e. The molecule has 1 atom stereocenters. The highest BCUT2D eigenvalue weighted by Gasteiger charge is 2.14. The fraction of sp³-hybridized carbons (Fsp3) is 0.467. The van der Waals surface area contributed by atoms with E-state index in [1.807, 2.05) is 6.92 Å². The molecule has 0 aliphatic carbocycles. The molecule has 0 aliphatic rings. The molecule has 2 N–H and O–H groups in total. The second kappa shape index (κ2) is 6.92. The van der Waals surface area contributed by atoms with Gasteiger partial charge in [-0.15, -0.1) is 0 Å². The molecule has 0 aromatic heterocycles. The van der Waals surface area contributed by atoms with Crippen LogP contribution in [0.15, 0.2) is 24.3 Å². The van der Waals surface area contributed by atoms with Crippen LogP contribution in [-0.2, 0) is 0 Å². The standard InChI is InChI=1S/C15H22N2O2/c1-5-14(10(2)3)17-15(19)16-13-8-6-7-12(9-13)11(4)18/h6-10,14H,5H2,1-4H3,(H2,16,17,19). The number of hydrogen-bond acceptors (Lipinski definition) is 2. The predicted molar refractivity (Wildman–Crippen MR) is 77.5 cm³/mol. The fourth-order valence-corrected chi connectivity index (χ4v) is 1.89. The Morgan fingerprint density at radius 3 is 2.47 bits per heavy atom. The van der Waals surface area contributed by atoms with E-state index in [2.05, 4.69) is 24.5 Å². The van der Waals surface area contributed by atoms with Gasteiger partial charge in [-0.05, 0) is 31.4 Å². The summed E-state index contributed by atoms with van der Waals surface area (Å²) in [5, 5.41) is 5.68. The van der Waals surface area contributed by atoms with Crippen LogP contribution in [0.5, 0.6) is 0 Å². The van der Waals surface area contributed by atoms with Gasteiger partial charge in [-0.1, -0.05) is 32.9 Å². The lowest BCUT2D eigenvalue weighted by Gasteiger charge is -2.21. The molecular weight excluding hydrogens is 240 g/mol. The molecule has 0 aliphatic heterocycles. The quantitative estimate of drug-likeness (QED) is 0.798. The lowest BCUT2D eigenvalue weighted by Crippen LogP contribution is -2.40. The Morgan fingerprint density at radius 2 is 1.95 bits per heavy atom. The van der Waals surface area contributed by atoms with Crippen molar-refractivity contribution < 1.29 is 9.59 Å². The minimum absolute atomic E-state index is 0.0160. The van der Waals surface area contributed by atoms with Crippen LogP contribution in [0.3, 0.4) is 0 Å². The van der Waals surface area contributed by atoms with Gasteiger partial charge in [-0.2, -0.15) is 0 Å². The Kier molecular flexibility index (Phi) is 5.55. The van der Waals surface area contributed by atoms with Crippen LogP contribution in [0.2, 0.25) is 0 Å². The number of rotatable bonds is 5. The van der Waals surface area contributed by atoms with Gasteiger partial charge in [0.05, 0.1) is 0 Å². The molecule has 4 heteroatoms. The van der Waals surface area contributed by atoms with Crippen LogP contribution in [-0.4, -0.2) is 17.9 Å². The van der Waals surface area contributed by atoms with Crippen molar-refractivity contribution in [3.63, 3.8) is 0 Å². The van der Waals surface area contributed by atoms with Crippen molar-refractivity contribution in [2.75, 3.05) is 5.32 Å². The molecule has 1 rings (SSSR count). The molecule has 1 aromatic carbocycles. The fourth-order valence-electron chi connectivity index (χ4n) is 1.89. The van der Waals surface area contributed by atoms with E-state index in [1.165, 1.54) is 6.92 Å². The summed E-state index contributed by atoms with van der Waals surface area (Å²) in [6.07, 6.45) is 0.887. The number of amides is 2. The maximum atomic E-state index is 11.9. The minimum atomic E-state index is -0.235. The number of ketones is 1. The summed E-state index contributed by atoms with van der Waals surface area (Å²) in [5.41, 5.74) is 1.22. The monoisotopic (exact) mass is 262 g/mol. The highest BCUT2D eigenvalue weighted by atomic mass is 16.2. The van der Waals surface area contributed by atoms with Crippen LogP contribution in [0, 0.1) is 5.92 Å². The Labute approximate surface area is 114 Å². The van der Waals surface area contributed by atoms with E-state index in [0.29, 0.717) is 17.2 Å². The number of carbonyl (C=O) groups excluding carboxylic acids is 2. The number of Topliss-reactive ketones (excluding diaryl/α,β-unsaturated/α-hetero) is 1. The Hall–Kier alpha value is -1.84. The van der Waals surface area contributed by atoms with Gasteiger partial charge >= 0.3 is 6.03 Å². The summed E-state index contributed by atoms with van der Waals surface area (Å²) in [6.45, 7) is 7.70. The highest BCUT2D eigenvalue weighted by molar-refractivity contribution is 5.96. The van der Waals surface area contributed by atoms with Crippen LogP contribution < -0.4 is 10.6 Å². The summed E-state index contributed by atoms with van der Waals surface area (Å²) >= 11 is 0. The van der Waals surface area contributed by atoms with Crippen molar-refractivity contribution in [3.05, 3.63) is 29.8 Å². The van der Waals surface area contributed by atoms with Crippen LogP contribution in [0.4, 0.5) is 10.5 Å². The molecule has 1 aromatic rings. The average molecular weight is 262 g/mol. The SMILES string of the molecule is CCC(NC(=O)Nc1cccc(C(C)=O)c1)C(C)C. The van der Waals surface area contributed by atoms with Crippen LogP contribution in [0.1, 0.15) is 44.5 Å². The Morgan fingerprint density at radius 1 is 1.26 bits per heavy atom. The normalized spacial score (nSPS) is 12.1. The molecule has 104 valence electrons. The number of benzene rings is 1. The van der Waals surface area contributed by atoms with E-state index in [4.69, 9.17) is 0 Å². The third-order valence-electron chi connectivity index (χ3n) is 3.09. The number of urea groups is 1. The molecule has 0 fully saturated rings. The molecule has 4 nitrogen and oxygen atoms in total. The Balaban J connectivity index is 2.66. The van der Waals surface area contributed by atoms with Gasteiger partial charge in [0.25, 0.3) is 0 Å². The van der Waals surface area contributed by atoms with Gasteiger partial charge in [0.2, 0.25) is 0 Å². The predicted octanol–water partition coefficient (Wildman–Crippen LogP) is 3.45. The first-order valence-electron chi connectivity index (χ1n) is 6.62. The maximum absolute atomic E-state index is 11.9. The number of carbonyl (C=O) groups is 2. The van der Waals surface area contributed by atoms with E-state index >= 15 is 0 Å². The van der Waals surface area contributed by atoms with E-state index in [9.17, 15) is 9.59 Å². The zero-order valence-corrected chi connectivity index (χ0v) is 12.0. The summed E-state index contributed by atoms with van der Waals surface area (Å²) in [7, 11) is 0. The van der Waals surface area contributed by atoms with E-state index in [0.717, 1.165) is 6.42 Å². The van der Waals surface area contributed by atoms with Crippen LogP contribution in [0.25, 0.3) is 0 Å². The molecule has 0 spiro atoms. The topological polar surface area (TPSA) is 58.2 Å². The lowest BCUT2D eigenvalue weighted by molar-refractivity contribution is 0.101. The highest BCUT2D eigenvalue weighted by Crippen LogP contribution is 2.12. The summed E-state index contributed by atoms with van der Waals surface area (Å²) in [5.74, 6) is 0.372. The molecule has 19 heavy (non-hydrogen) atoms. The van der Waals surface area contributed by atoms with E-state index in [-0.39, 0.29) is 17.9 Å². The van der Waals surface area contributed by atoms with E-state index < -0.39 is 0 Å². The van der Waals surface area contributed by atoms with Crippen molar-refractivity contribution in [2.24, 2.45) is 5.92 Å². The Bertz CT molecular complexity index is 455. The van der Waals surface area contributed by atoms with Crippen molar-refractivity contribution in [3.8, 4) is 0 Å². The summed E-state index contributed by atoms with van der Waals surface area (Å²) < 4.78 is 0. The van der Waals surface area contributed by atoms with Gasteiger partial charge < -0.3 is 10.6 Å². The number of anilines is 1. The first-order valence-corrected chi connectivity index (χ1v) is 6.62. The zero-order valence-electron chi connectivity index (χ0n) is 12.0. The molecule has 2 amide bonds. The smallest absolute Gasteiger partial charge is 0.319 e. The molecule has 0 bridgehead atoms. The molecule has 0 heterocycles. The van der Waals surface area contributed by atoms with Crippen LogP contribution >= 0.6 is 0 Å². The van der Waals surface area contributed by atoms with Gasteiger partial charge in [0, 0.05) is 17.3 Å². The van der Waals surface area contributed by atoms with Crippen molar-refractivity contribution in [1.29, 1.82) is 0 Å². The van der Waals surface area contributed by atoms with Gasteiger partial charge in [0.15, 0.2) is 5.78 Å². The minimum Gasteiger partial charge on any atom is -0.335 e. The number of nitrogens with one attached hydrogen (secondary N) is 2. The zero-order chi connectivity index (χ0) is 14.4. The molecule has 0 saturated heterocycles. The molecule has 0 radical (unpaired) electrons. The lowest BCUT2D eigenvalue weighted by atomic mass is 10.0. The second-order valence-corrected chi connectivity index (χ2v) is 4.99. The summed E-state index contributed by atoms with van der Waals surface area (Å²) in [4.78, 5) is 23.1. The first kappa shape index (κ1) is 15.2. The number of hydrogen-bond donors (Lipinski definition) is 2.